The molecule has 0 bridgehead atoms. The molecule has 0 amide bonds. The van der Waals surface area contributed by atoms with Crippen molar-refractivity contribution in [2.45, 2.75) is 46.0 Å². The number of aromatic amines is 1. The maximum atomic E-state index is 5.99. The summed E-state index contributed by atoms with van der Waals surface area (Å²) in [5, 5.41) is 3.38. The predicted octanol–water partition coefficient (Wildman–Crippen LogP) is 2.50. The van der Waals surface area contributed by atoms with Gasteiger partial charge in [0.05, 0.1) is 12.1 Å². The van der Waals surface area contributed by atoms with Gasteiger partial charge in [0, 0.05) is 19.3 Å². The predicted molar refractivity (Wildman–Crippen MR) is 94.7 cm³/mol. The van der Waals surface area contributed by atoms with Crippen LogP contribution in [0.2, 0.25) is 0 Å². The largest absolute Gasteiger partial charge is 0.383 e. The molecule has 0 aromatic carbocycles. The van der Waals surface area contributed by atoms with Gasteiger partial charge in [-0.3, -0.25) is 0 Å². The Labute approximate surface area is 138 Å². The molecule has 0 aliphatic heterocycles. The highest BCUT2D eigenvalue weighted by molar-refractivity contribution is 5.88. The summed E-state index contributed by atoms with van der Waals surface area (Å²) in [7, 11) is 1.73. The van der Waals surface area contributed by atoms with Gasteiger partial charge < -0.3 is 20.8 Å². The van der Waals surface area contributed by atoms with Gasteiger partial charge in [-0.1, -0.05) is 12.8 Å². The molecule has 0 fully saturated rings. The monoisotopic (exact) mass is 319 g/mol. The number of ether oxygens (including phenoxy) is 1. The summed E-state index contributed by atoms with van der Waals surface area (Å²) in [5.74, 6) is 1.28. The van der Waals surface area contributed by atoms with E-state index in [1.807, 2.05) is 6.92 Å². The number of aromatic nitrogens is 3. The van der Waals surface area contributed by atoms with Crippen molar-refractivity contribution in [1.29, 1.82) is 0 Å². The van der Waals surface area contributed by atoms with E-state index in [1.165, 1.54) is 31.2 Å². The maximum absolute atomic E-state index is 5.99. The lowest BCUT2D eigenvalue weighted by molar-refractivity contribution is 0.199. The molecule has 2 heterocycles. The minimum Gasteiger partial charge on any atom is -0.383 e. The van der Waals surface area contributed by atoms with Crippen molar-refractivity contribution in [2.24, 2.45) is 0 Å². The molecule has 4 N–H and O–H groups in total. The number of rotatable bonds is 10. The van der Waals surface area contributed by atoms with E-state index in [4.69, 9.17) is 10.5 Å². The molecule has 6 nitrogen and oxygen atoms in total. The molecule has 0 spiro atoms. The van der Waals surface area contributed by atoms with Gasteiger partial charge in [-0.15, -0.1) is 0 Å². The van der Waals surface area contributed by atoms with Crippen molar-refractivity contribution in [3.05, 3.63) is 17.1 Å². The number of nitrogens with one attached hydrogen (secondary N) is 2. The molecule has 0 atom stereocenters. The molecule has 23 heavy (non-hydrogen) atoms. The van der Waals surface area contributed by atoms with Crippen LogP contribution < -0.4 is 11.1 Å². The smallest absolute Gasteiger partial charge is 0.151 e. The number of H-pyrrole nitrogens is 1. The molecule has 2 rings (SSSR count). The second-order valence-corrected chi connectivity index (χ2v) is 6.02. The summed E-state index contributed by atoms with van der Waals surface area (Å²) in [4.78, 5) is 12.1. The summed E-state index contributed by atoms with van der Waals surface area (Å²) >= 11 is 0. The van der Waals surface area contributed by atoms with E-state index in [2.05, 4.69) is 27.2 Å². The van der Waals surface area contributed by atoms with Crippen molar-refractivity contribution < 1.29 is 4.74 Å². The van der Waals surface area contributed by atoms with Gasteiger partial charge in [0.2, 0.25) is 0 Å². The number of hydrogen-bond acceptors (Lipinski definition) is 5. The van der Waals surface area contributed by atoms with Crippen molar-refractivity contribution >= 4 is 16.9 Å². The summed E-state index contributed by atoms with van der Waals surface area (Å²) in [5.41, 5.74) is 10.3. The number of anilines is 1. The second kappa shape index (κ2) is 8.84. The number of nitrogens with zero attached hydrogens (tertiary/aromatic N) is 2. The SMILES string of the molecule is COCCNCCCCCCc1c(C)[nH]c2c(N)nc(C)nc12. The van der Waals surface area contributed by atoms with Crippen LogP contribution >= 0.6 is 0 Å². The topological polar surface area (TPSA) is 88.8 Å². The number of unbranched alkanes of at least 4 members (excludes halogenated alkanes) is 3. The van der Waals surface area contributed by atoms with E-state index in [9.17, 15) is 0 Å². The molecular weight excluding hydrogens is 290 g/mol. The molecule has 2 aromatic rings. The number of nitrogen functional groups attached to an aromatic ring is 1. The highest BCUT2D eigenvalue weighted by Gasteiger charge is 2.13. The molecule has 128 valence electrons. The first kappa shape index (κ1) is 17.7. The molecule has 0 saturated heterocycles. The Kier molecular flexibility index (Phi) is 6.80. The van der Waals surface area contributed by atoms with Crippen molar-refractivity contribution in [3.8, 4) is 0 Å². The fourth-order valence-corrected chi connectivity index (χ4v) is 2.89. The fraction of sp³-hybridized carbons (Fsp3) is 0.647. The second-order valence-electron chi connectivity index (χ2n) is 6.02. The Morgan fingerprint density at radius 2 is 1.87 bits per heavy atom. The Morgan fingerprint density at radius 3 is 2.65 bits per heavy atom. The summed E-state index contributed by atoms with van der Waals surface area (Å²) in [6.07, 6.45) is 5.91. The van der Waals surface area contributed by atoms with Gasteiger partial charge in [0.25, 0.3) is 0 Å². The summed E-state index contributed by atoms with van der Waals surface area (Å²) < 4.78 is 5.01. The first-order valence-electron chi connectivity index (χ1n) is 8.44. The van der Waals surface area contributed by atoms with Crippen molar-refractivity contribution in [1.82, 2.24) is 20.3 Å². The molecule has 2 aromatic heterocycles. The van der Waals surface area contributed by atoms with Crippen LogP contribution in [-0.4, -0.2) is 41.8 Å². The normalized spacial score (nSPS) is 11.4. The van der Waals surface area contributed by atoms with Crippen LogP contribution in [0.1, 0.15) is 42.8 Å². The van der Waals surface area contributed by atoms with Gasteiger partial charge in [0.15, 0.2) is 5.82 Å². The van der Waals surface area contributed by atoms with E-state index >= 15 is 0 Å². The third kappa shape index (κ3) is 4.91. The zero-order chi connectivity index (χ0) is 16.7. The summed E-state index contributed by atoms with van der Waals surface area (Å²) in [6, 6.07) is 0. The van der Waals surface area contributed by atoms with E-state index in [0.29, 0.717) is 5.82 Å². The zero-order valence-corrected chi connectivity index (χ0v) is 14.5. The number of aryl methyl sites for hydroxylation is 3. The molecular formula is C17H29N5O. The van der Waals surface area contributed by atoms with Gasteiger partial charge >= 0.3 is 0 Å². The standard InChI is InChI=1S/C17H29N5O/c1-12-14(8-6-4-5-7-9-19-10-11-23-3)15-16(20-12)17(18)22-13(2)21-15/h19-20H,4-11H2,1-3H3,(H2,18,21,22). The lowest BCUT2D eigenvalue weighted by atomic mass is 10.1. The van der Waals surface area contributed by atoms with Gasteiger partial charge in [-0.25, -0.2) is 9.97 Å². The number of methoxy groups -OCH3 is 1. The fourth-order valence-electron chi connectivity index (χ4n) is 2.89. The highest BCUT2D eigenvalue weighted by Crippen LogP contribution is 2.25. The number of fused-ring (bicyclic) bond motifs is 1. The van der Waals surface area contributed by atoms with Crippen LogP contribution in [-0.2, 0) is 11.2 Å². The average Bonchev–Trinajstić information content (AvgIpc) is 2.82. The molecule has 0 radical (unpaired) electrons. The third-order valence-electron chi connectivity index (χ3n) is 4.11. The number of nitrogens with two attached hydrogens (primary N) is 1. The van der Waals surface area contributed by atoms with Gasteiger partial charge in [-0.2, -0.15) is 0 Å². The number of hydrogen-bond donors (Lipinski definition) is 3. The molecule has 0 saturated carbocycles. The Bertz CT molecular complexity index is 623. The molecule has 0 unspecified atom stereocenters. The quantitative estimate of drug-likeness (QED) is 0.586. The summed E-state index contributed by atoms with van der Waals surface area (Å²) in [6.45, 7) is 6.76. The first-order valence-corrected chi connectivity index (χ1v) is 8.44. The van der Waals surface area contributed by atoms with Crippen LogP contribution in [0.3, 0.4) is 0 Å². The minimum absolute atomic E-state index is 0.545. The van der Waals surface area contributed by atoms with E-state index in [1.54, 1.807) is 7.11 Å². The minimum atomic E-state index is 0.545. The maximum Gasteiger partial charge on any atom is 0.151 e. The van der Waals surface area contributed by atoms with Crippen molar-refractivity contribution in [3.63, 3.8) is 0 Å². The molecule has 0 aliphatic rings. The van der Waals surface area contributed by atoms with E-state index < -0.39 is 0 Å². The Balaban J connectivity index is 1.78. The van der Waals surface area contributed by atoms with Crippen LogP contribution in [0, 0.1) is 13.8 Å². The lowest BCUT2D eigenvalue weighted by Gasteiger charge is -2.05. The van der Waals surface area contributed by atoms with Crippen LogP contribution in [0.25, 0.3) is 11.0 Å². The zero-order valence-electron chi connectivity index (χ0n) is 14.5. The Hall–Kier alpha value is -1.66. The molecule has 0 aliphatic carbocycles. The Morgan fingerprint density at radius 1 is 1.09 bits per heavy atom. The van der Waals surface area contributed by atoms with Gasteiger partial charge in [-0.05, 0) is 45.2 Å². The highest BCUT2D eigenvalue weighted by atomic mass is 16.5. The van der Waals surface area contributed by atoms with Crippen LogP contribution in [0.4, 0.5) is 5.82 Å². The van der Waals surface area contributed by atoms with Crippen LogP contribution in [0.5, 0.6) is 0 Å². The lowest BCUT2D eigenvalue weighted by Crippen LogP contribution is -2.20. The average molecular weight is 319 g/mol. The van der Waals surface area contributed by atoms with Crippen molar-refractivity contribution in [2.75, 3.05) is 32.5 Å². The van der Waals surface area contributed by atoms with E-state index in [0.717, 1.165) is 48.7 Å². The first-order chi connectivity index (χ1) is 11.1. The molecule has 6 heteroatoms. The van der Waals surface area contributed by atoms with E-state index in [-0.39, 0.29) is 0 Å². The third-order valence-corrected chi connectivity index (χ3v) is 4.11. The van der Waals surface area contributed by atoms with Gasteiger partial charge in [0.1, 0.15) is 11.3 Å². The van der Waals surface area contributed by atoms with Crippen LogP contribution in [0.15, 0.2) is 0 Å².